The number of nitrogens with zero attached hydrogens (tertiary/aromatic N) is 2. The summed E-state index contributed by atoms with van der Waals surface area (Å²) in [5.41, 5.74) is 6.59. The quantitative estimate of drug-likeness (QED) is 0.887. The number of nitrogens with two attached hydrogens (primary N) is 1. The SMILES string of the molecule is CC(C)c1nc(N)cc(NCc2cccc(F)c2)n1. The van der Waals surface area contributed by atoms with Gasteiger partial charge in [-0.25, -0.2) is 14.4 Å². The number of nitrogens with one attached hydrogen (secondary N) is 1. The van der Waals surface area contributed by atoms with E-state index in [0.29, 0.717) is 24.0 Å². The fraction of sp³-hybridized carbons (Fsp3) is 0.286. The summed E-state index contributed by atoms with van der Waals surface area (Å²) in [7, 11) is 0. The summed E-state index contributed by atoms with van der Waals surface area (Å²) >= 11 is 0. The molecule has 0 amide bonds. The molecule has 2 rings (SSSR count). The number of aromatic nitrogens is 2. The molecule has 0 aliphatic rings. The highest BCUT2D eigenvalue weighted by atomic mass is 19.1. The van der Waals surface area contributed by atoms with Gasteiger partial charge in [-0.15, -0.1) is 0 Å². The summed E-state index contributed by atoms with van der Waals surface area (Å²) in [4.78, 5) is 8.54. The molecule has 100 valence electrons. The van der Waals surface area contributed by atoms with E-state index in [2.05, 4.69) is 15.3 Å². The van der Waals surface area contributed by atoms with Crippen molar-refractivity contribution in [3.63, 3.8) is 0 Å². The molecule has 0 saturated carbocycles. The third-order valence-electron chi connectivity index (χ3n) is 2.64. The highest BCUT2D eigenvalue weighted by molar-refractivity contribution is 5.45. The molecule has 0 unspecified atom stereocenters. The van der Waals surface area contributed by atoms with Crippen LogP contribution >= 0.6 is 0 Å². The van der Waals surface area contributed by atoms with Gasteiger partial charge in [-0.1, -0.05) is 26.0 Å². The first-order valence-corrected chi connectivity index (χ1v) is 6.17. The molecule has 5 heteroatoms. The molecule has 0 radical (unpaired) electrons. The van der Waals surface area contributed by atoms with Gasteiger partial charge in [0.1, 0.15) is 23.3 Å². The number of hydrogen-bond acceptors (Lipinski definition) is 4. The summed E-state index contributed by atoms with van der Waals surface area (Å²) in [6.07, 6.45) is 0. The van der Waals surface area contributed by atoms with Crippen molar-refractivity contribution in [3.05, 3.63) is 47.5 Å². The first kappa shape index (κ1) is 13.3. The van der Waals surface area contributed by atoms with Gasteiger partial charge in [-0.3, -0.25) is 0 Å². The highest BCUT2D eigenvalue weighted by Gasteiger charge is 2.06. The maximum Gasteiger partial charge on any atom is 0.135 e. The zero-order chi connectivity index (χ0) is 13.8. The lowest BCUT2D eigenvalue weighted by Gasteiger charge is -2.10. The van der Waals surface area contributed by atoms with Crippen LogP contribution in [0.15, 0.2) is 30.3 Å². The molecular weight excluding hydrogens is 243 g/mol. The van der Waals surface area contributed by atoms with E-state index in [9.17, 15) is 4.39 Å². The van der Waals surface area contributed by atoms with Gasteiger partial charge in [0.25, 0.3) is 0 Å². The van der Waals surface area contributed by atoms with Crippen LogP contribution in [0.1, 0.15) is 31.2 Å². The number of halogens is 1. The molecule has 1 heterocycles. The average molecular weight is 260 g/mol. The van der Waals surface area contributed by atoms with E-state index in [1.54, 1.807) is 12.1 Å². The van der Waals surface area contributed by atoms with Crippen LogP contribution in [-0.2, 0) is 6.54 Å². The second-order valence-corrected chi connectivity index (χ2v) is 4.67. The third-order valence-corrected chi connectivity index (χ3v) is 2.64. The predicted octanol–water partition coefficient (Wildman–Crippen LogP) is 2.93. The lowest BCUT2D eigenvalue weighted by Crippen LogP contribution is -2.07. The van der Waals surface area contributed by atoms with Gasteiger partial charge in [0, 0.05) is 18.5 Å². The van der Waals surface area contributed by atoms with Crippen LogP contribution < -0.4 is 11.1 Å². The van der Waals surface area contributed by atoms with Crippen molar-refractivity contribution in [2.75, 3.05) is 11.1 Å². The van der Waals surface area contributed by atoms with Crippen molar-refractivity contribution >= 4 is 11.6 Å². The van der Waals surface area contributed by atoms with Crippen molar-refractivity contribution in [2.45, 2.75) is 26.3 Å². The summed E-state index contributed by atoms with van der Waals surface area (Å²) in [6, 6.07) is 8.11. The minimum atomic E-state index is -0.246. The van der Waals surface area contributed by atoms with Gasteiger partial charge in [0.2, 0.25) is 0 Å². The lowest BCUT2D eigenvalue weighted by atomic mass is 10.2. The molecule has 0 aliphatic carbocycles. The molecule has 0 saturated heterocycles. The van der Waals surface area contributed by atoms with Crippen LogP contribution in [0.2, 0.25) is 0 Å². The summed E-state index contributed by atoms with van der Waals surface area (Å²) < 4.78 is 13.1. The van der Waals surface area contributed by atoms with Gasteiger partial charge in [0.05, 0.1) is 0 Å². The van der Waals surface area contributed by atoms with E-state index in [1.165, 1.54) is 12.1 Å². The van der Waals surface area contributed by atoms with Crippen LogP contribution in [0.5, 0.6) is 0 Å². The van der Waals surface area contributed by atoms with Crippen molar-refractivity contribution < 1.29 is 4.39 Å². The number of benzene rings is 1. The molecule has 0 atom stereocenters. The Labute approximate surface area is 111 Å². The van der Waals surface area contributed by atoms with Gasteiger partial charge < -0.3 is 11.1 Å². The van der Waals surface area contributed by atoms with Gasteiger partial charge in [-0.05, 0) is 17.7 Å². The molecule has 3 N–H and O–H groups in total. The molecule has 4 nitrogen and oxygen atoms in total. The normalized spacial score (nSPS) is 10.7. The molecule has 2 aromatic rings. The minimum absolute atomic E-state index is 0.207. The Balaban J connectivity index is 2.11. The minimum Gasteiger partial charge on any atom is -0.384 e. The number of nitrogen functional groups attached to an aromatic ring is 1. The van der Waals surface area contributed by atoms with Crippen molar-refractivity contribution in [2.24, 2.45) is 0 Å². The maximum absolute atomic E-state index is 13.1. The van der Waals surface area contributed by atoms with Crippen LogP contribution in [0.4, 0.5) is 16.0 Å². The van der Waals surface area contributed by atoms with E-state index in [0.717, 1.165) is 5.56 Å². The lowest BCUT2D eigenvalue weighted by molar-refractivity contribution is 0.626. The average Bonchev–Trinajstić information content (AvgIpc) is 2.36. The molecule has 0 spiro atoms. The van der Waals surface area contributed by atoms with Crippen LogP contribution in [-0.4, -0.2) is 9.97 Å². The van der Waals surface area contributed by atoms with Gasteiger partial charge in [-0.2, -0.15) is 0 Å². The topological polar surface area (TPSA) is 63.8 Å². The van der Waals surface area contributed by atoms with Crippen LogP contribution in [0, 0.1) is 5.82 Å². The van der Waals surface area contributed by atoms with Crippen molar-refractivity contribution in [1.82, 2.24) is 9.97 Å². The van der Waals surface area contributed by atoms with Crippen molar-refractivity contribution in [1.29, 1.82) is 0 Å². The smallest absolute Gasteiger partial charge is 0.135 e. The molecule has 0 fully saturated rings. The van der Waals surface area contributed by atoms with Crippen LogP contribution in [0.3, 0.4) is 0 Å². The maximum atomic E-state index is 13.1. The fourth-order valence-electron chi connectivity index (χ4n) is 1.67. The first-order chi connectivity index (χ1) is 9.04. The number of anilines is 2. The van der Waals surface area contributed by atoms with E-state index in [1.807, 2.05) is 19.9 Å². The van der Waals surface area contributed by atoms with Crippen LogP contribution in [0.25, 0.3) is 0 Å². The van der Waals surface area contributed by atoms with E-state index in [-0.39, 0.29) is 11.7 Å². The second kappa shape index (κ2) is 5.65. The third kappa shape index (κ3) is 3.64. The van der Waals surface area contributed by atoms with E-state index < -0.39 is 0 Å². The number of hydrogen-bond donors (Lipinski definition) is 2. The molecular formula is C14H17FN4. The van der Waals surface area contributed by atoms with Gasteiger partial charge >= 0.3 is 0 Å². The highest BCUT2D eigenvalue weighted by Crippen LogP contribution is 2.15. The van der Waals surface area contributed by atoms with E-state index in [4.69, 9.17) is 5.73 Å². The Kier molecular flexibility index (Phi) is 3.94. The molecule has 1 aromatic carbocycles. The second-order valence-electron chi connectivity index (χ2n) is 4.67. The Hall–Kier alpha value is -2.17. The number of rotatable bonds is 4. The molecule has 1 aromatic heterocycles. The zero-order valence-corrected chi connectivity index (χ0v) is 11.0. The Bertz CT molecular complexity index is 569. The van der Waals surface area contributed by atoms with Gasteiger partial charge in [0.15, 0.2) is 0 Å². The standard InChI is InChI=1S/C14H17FN4/c1-9(2)14-18-12(16)7-13(19-14)17-8-10-4-3-5-11(15)6-10/h3-7,9H,8H2,1-2H3,(H3,16,17,18,19). The largest absolute Gasteiger partial charge is 0.384 e. The monoisotopic (exact) mass is 260 g/mol. The first-order valence-electron chi connectivity index (χ1n) is 6.17. The van der Waals surface area contributed by atoms with Crippen molar-refractivity contribution in [3.8, 4) is 0 Å². The summed E-state index contributed by atoms with van der Waals surface area (Å²) in [5, 5.41) is 3.13. The molecule has 19 heavy (non-hydrogen) atoms. The summed E-state index contributed by atoms with van der Waals surface area (Å²) in [5.74, 6) is 1.74. The Morgan fingerprint density at radius 1 is 1.26 bits per heavy atom. The van der Waals surface area contributed by atoms with E-state index >= 15 is 0 Å². The fourth-order valence-corrected chi connectivity index (χ4v) is 1.67. The Morgan fingerprint density at radius 2 is 2.05 bits per heavy atom. The summed E-state index contributed by atoms with van der Waals surface area (Å²) in [6.45, 7) is 4.50. The predicted molar refractivity (Wildman–Crippen MR) is 74.3 cm³/mol. The zero-order valence-electron chi connectivity index (χ0n) is 11.0. The molecule has 0 bridgehead atoms. The Morgan fingerprint density at radius 3 is 2.74 bits per heavy atom. The molecule has 0 aliphatic heterocycles.